The van der Waals surface area contributed by atoms with Gasteiger partial charge in [-0.15, -0.1) is 22.9 Å². The Hall–Kier alpha value is -0.840. The standard InChI is InChI=1S/C14H13BrClNOS/c15-13-7-11(9-19-13)14(18)17-12(8-16)6-10-4-2-1-3-5-10/h1-5,7,9,12H,6,8H2,(H,17,18). The molecule has 100 valence electrons. The Morgan fingerprint density at radius 3 is 2.68 bits per heavy atom. The predicted molar refractivity (Wildman–Crippen MR) is 84.1 cm³/mol. The van der Waals surface area contributed by atoms with E-state index in [4.69, 9.17) is 11.6 Å². The molecule has 1 aromatic heterocycles. The number of thiophene rings is 1. The van der Waals surface area contributed by atoms with Gasteiger partial charge in [-0.05, 0) is 34.0 Å². The van der Waals surface area contributed by atoms with Crippen LogP contribution in [-0.4, -0.2) is 17.8 Å². The lowest BCUT2D eigenvalue weighted by atomic mass is 10.1. The highest BCUT2D eigenvalue weighted by atomic mass is 79.9. The van der Waals surface area contributed by atoms with Crippen LogP contribution in [0.2, 0.25) is 0 Å². The molecule has 1 aromatic carbocycles. The second kappa shape index (κ2) is 7.08. The topological polar surface area (TPSA) is 29.1 Å². The van der Waals surface area contributed by atoms with Gasteiger partial charge in [0.15, 0.2) is 0 Å². The molecule has 0 fully saturated rings. The van der Waals surface area contributed by atoms with Crippen molar-refractivity contribution in [1.82, 2.24) is 5.32 Å². The van der Waals surface area contributed by atoms with Crippen LogP contribution in [0.5, 0.6) is 0 Å². The minimum atomic E-state index is -0.0801. The van der Waals surface area contributed by atoms with Crippen molar-refractivity contribution in [1.29, 1.82) is 0 Å². The Bertz CT molecular complexity index is 543. The van der Waals surface area contributed by atoms with Crippen molar-refractivity contribution < 1.29 is 4.79 Å². The number of carbonyl (C=O) groups excluding carboxylic acids is 1. The first-order chi connectivity index (χ1) is 9.19. The van der Waals surface area contributed by atoms with Gasteiger partial charge in [-0.2, -0.15) is 0 Å². The van der Waals surface area contributed by atoms with Gasteiger partial charge in [0, 0.05) is 17.3 Å². The highest BCUT2D eigenvalue weighted by Gasteiger charge is 2.14. The average Bonchev–Trinajstić information content (AvgIpc) is 2.86. The predicted octanol–water partition coefficient (Wildman–Crippen LogP) is 4.09. The molecule has 2 rings (SSSR count). The van der Waals surface area contributed by atoms with E-state index in [1.807, 2.05) is 41.8 Å². The maximum absolute atomic E-state index is 12.0. The number of halogens is 2. The minimum Gasteiger partial charge on any atom is -0.348 e. The largest absolute Gasteiger partial charge is 0.348 e. The first-order valence-corrected chi connectivity index (χ1v) is 8.04. The fourth-order valence-corrected chi connectivity index (χ4v) is 3.06. The molecule has 0 saturated heterocycles. The van der Waals surface area contributed by atoms with E-state index >= 15 is 0 Å². The van der Waals surface area contributed by atoms with E-state index in [9.17, 15) is 4.79 Å². The van der Waals surface area contributed by atoms with E-state index in [-0.39, 0.29) is 11.9 Å². The van der Waals surface area contributed by atoms with E-state index in [1.54, 1.807) is 0 Å². The molecule has 2 aromatic rings. The second-order valence-electron chi connectivity index (χ2n) is 4.15. The molecule has 1 N–H and O–H groups in total. The van der Waals surface area contributed by atoms with Gasteiger partial charge in [0.1, 0.15) is 0 Å². The lowest BCUT2D eigenvalue weighted by molar-refractivity contribution is 0.0941. The summed E-state index contributed by atoms with van der Waals surface area (Å²) < 4.78 is 0.947. The second-order valence-corrected chi connectivity index (χ2v) is 6.75. The average molecular weight is 359 g/mol. The number of nitrogens with one attached hydrogen (secondary N) is 1. The van der Waals surface area contributed by atoms with Crippen molar-refractivity contribution in [3.8, 4) is 0 Å². The summed E-state index contributed by atoms with van der Waals surface area (Å²) >= 11 is 10.8. The third-order valence-electron chi connectivity index (χ3n) is 2.68. The van der Waals surface area contributed by atoms with Gasteiger partial charge >= 0.3 is 0 Å². The Morgan fingerprint density at radius 2 is 2.11 bits per heavy atom. The number of benzene rings is 1. The molecule has 2 nitrogen and oxygen atoms in total. The summed E-state index contributed by atoms with van der Waals surface area (Å²) in [7, 11) is 0. The van der Waals surface area contributed by atoms with Crippen molar-refractivity contribution in [2.75, 3.05) is 5.88 Å². The molecule has 19 heavy (non-hydrogen) atoms. The molecular formula is C14H13BrClNOS. The van der Waals surface area contributed by atoms with Gasteiger partial charge in [0.05, 0.1) is 9.35 Å². The minimum absolute atomic E-state index is 0.0600. The van der Waals surface area contributed by atoms with Crippen LogP contribution < -0.4 is 5.32 Å². The molecule has 1 heterocycles. The molecule has 0 radical (unpaired) electrons. The van der Waals surface area contributed by atoms with Gasteiger partial charge in [-0.1, -0.05) is 30.3 Å². The van der Waals surface area contributed by atoms with Crippen LogP contribution in [0.4, 0.5) is 0 Å². The van der Waals surface area contributed by atoms with E-state index in [1.165, 1.54) is 16.9 Å². The van der Waals surface area contributed by atoms with Gasteiger partial charge in [-0.3, -0.25) is 4.79 Å². The SMILES string of the molecule is O=C(NC(CCl)Cc1ccccc1)c1csc(Br)c1. The van der Waals surface area contributed by atoms with E-state index in [2.05, 4.69) is 21.2 Å². The first kappa shape index (κ1) is 14.6. The van der Waals surface area contributed by atoms with Crippen molar-refractivity contribution in [3.63, 3.8) is 0 Å². The van der Waals surface area contributed by atoms with Gasteiger partial charge < -0.3 is 5.32 Å². The normalized spacial score (nSPS) is 12.1. The Kier molecular flexibility index (Phi) is 5.43. The molecule has 0 spiro atoms. The van der Waals surface area contributed by atoms with Crippen LogP contribution >= 0.6 is 38.9 Å². The highest BCUT2D eigenvalue weighted by Crippen LogP contribution is 2.20. The summed E-state index contributed by atoms with van der Waals surface area (Å²) in [5.41, 5.74) is 1.83. The smallest absolute Gasteiger partial charge is 0.252 e. The third-order valence-corrected chi connectivity index (χ3v) is 4.55. The molecule has 0 aliphatic heterocycles. The fourth-order valence-electron chi connectivity index (χ4n) is 1.74. The van der Waals surface area contributed by atoms with Crippen LogP contribution in [0.15, 0.2) is 45.6 Å². The van der Waals surface area contributed by atoms with Gasteiger partial charge in [0.2, 0.25) is 0 Å². The summed E-state index contributed by atoms with van der Waals surface area (Å²) in [5.74, 6) is 0.315. The molecule has 5 heteroatoms. The highest BCUT2D eigenvalue weighted by molar-refractivity contribution is 9.11. The molecule has 0 aliphatic rings. The molecule has 1 atom stereocenters. The van der Waals surface area contributed by atoms with Gasteiger partial charge in [0.25, 0.3) is 5.91 Å². The summed E-state index contributed by atoms with van der Waals surface area (Å²) in [4.78, 5) is 12.0. The first-order valence-electron chi connectivity index (χ1n) is 5.84. The number of hydrogen-bond donors (Lipinski definition) is 1. The van der Waals surface area contributed by atoms with E-state index < -0.39 is 0 Å². The third kappa shape index (κ3) is 4.34. The zero-order valence-corrected chi connectivity index (χ0v) is 13.3. The quantitative estimate of drug-likeness (QED) is 0.801. The van der Waals surface area contributed by atoms with Crippen molar-refractivity contribution in [2.45, 2.75) is 12.5 Å². The number of amides is 1. The van der Waals surface area contributed by atoms with E-state index in [0.717, 1.165) is 10.2 Å². The lowest BCUT2D eigenvalue weighted by Crippen LogP contribution is -2.37. The van der Waals surface area contributed by atoms with Crippen molar-refractivity contribution in [3.05, 3.63) is 56.7 Å². The molecule has 0 bridgehead atoms. The number of rotatable bonds is 5. The number of carbonyl (C=O) groups is 1. The molecule has 0 aliphatic carbocycles. The summed E-state index contributed by atoms with van der Waals surface area (Å²) in [6.07, 6.45) is 0.737. The van der Waals surface area contributed by atoms with Crippen molar-refractivity contribution >= 4 is 44.8 Å². The molecule has 1 amide bonds. The summed E-state index contributed by atoms with van der Waals surface area (Å²) in [5, 5.41) is 4.79. The van der Waals surface area contributed by atoms with Crippen molar-refractivity contribution in [2.24, 2.45) is 0 Å². The lowest BCUT2D eigenvalue weighted by Gasteiger charge is -2.15. The Labute approximate surface area is 129 Å². The van der Waals surface area contributed by atoms with Crippen LogP contribution in [0.3, 0.4) is 0 Å². The van der Waals surface area contributed by atoms with Crippen LogP contribution in [-0.2, 0) is 6.42 Å². The zero-order chi connectivity index (χ0) is 13.7. The van der Waals surface area contributed by atoms with Crippen LogP contribution in [0.25, 0.3) is 0 Å². The maximum Gasteiger partial charge on any atom is 0.252 e. The summed E-state index contributed by atoms with van der Waals surface area (Å²) in [6.45, 7) is 0. The molecule has 0 saturated carbocycles. The fraction of sp³-hybridized carbons (Fsp3) is 0.214. The maximum atomic E-state index is 12.0. The number of hydrogen-bond acceptors (Lipinski definition) is 2. The summed E-state index contributed by atoms with van der Waals surface area (Å²) in [6, 6.07) is 11.8. The molecule has 1 unspecified atom stereocenters. The van der Waals surface area contributed by atoms with Gasteiger partial charge in [-0.25, -0.2) is 0 Å². The number of alkyl halides is 1. The Balaban J connectivity index is 1.97. The Morgan fingerprint density at radius 1 is 1.37 bits per heavy atom. The van der Waals surface area contributed by atoms with Crippen LogP contribution in [0, 0.1) is 0 Å². The van der Waals surface area contributed by atoms with E-state index in [0.29, 0.717) is 11.4 Å². The van der Waals surface area contributed by atoms with Crippen LogP contribution in [0.1, 0.15) is 15.9 Å². The monoisotopic (exact) mass is 357 g/mol. The zero-order valence-electron chi connectivity index (χ0n) is 10.1. The molecular weight excluding hydrogens is 346 g/mol.